The van der Waals surface area contributed by atoms with Crippen LogP contribution in [-0.4, -0.2) is 44.1 Å². The lowest BCUT2D eigenvalue weighted by Crippen LogP contribution is -2.27. The third kappa shape index (κ3) is 4.77. The molecule has 2 aromatic rings. The van der Waals surface area contributed by atoms with Gasteiger partial charge in [-0.3, -0.25) is 14.5 Å². The van der Waals surface area contributed by atoms with Crippen LogP contribution in [0.25, 0.3) is 0 Å². The predicted molar refractivity (Wildman–Crippen MR) is 104 cm³/mol. The van der Waals surface area contributed by atoms with Gasteiger partial charge in [-0.1, -0.05) is 6.07 Å². The molecule has 1 fully saturated rings. The van der Waals surface area contributed by atoms with E-state index in [0.29, 0.717) is 48.3 Å². The highest BCUT2D eigenvalue weighted by Crippen LogP contribution is 2.27. The number of rotatable bonds is 8. The van der Waals surface area contributed by atoms with Crippen LogP contribution in [0, 0.1) is 0 Å². The Morgan fingerprint density at radius 3 is 2.81 bits per heavy atom. The molecular formula is C19H23N3O4S. The van der Waals surface area contributed by atoms with Gasteiger partial charge in [-0.25, -0.2) is 4.98 Å². The number of carbonyl (C=O) groups excluding carboxylic acids is 2. The van der Waals surface area contributed by atoms with Gasteiger partial charge < -0.3 is 14.8 Å². The number of aromatic nitrogens is 1. The van der Waals surface area contributed by atoms with E-state index in [0.717, 1.165) is 12.0 Å². The van der Waals surface area contributed by atoms with E-state index in [4.69, 9.17) is 9.47 Å². The first-order chi connectivity index (χ1) is 13.1. The highest BCUT2D eigenvalue weighted by molar-refractivity contribution is 7.14. The fourth-order valence-electron chi connectivity index (χ4n) is 2.96. The Morgan fingerprint density at radius 2 is 2.11 bits per heavy atom. The smallest absolute Gasteiger partial charge is 0.228 e. The molecule has 1 aliphatic heterocycles. The number of methoxy groups -OCH3 is 2. The summed E-state index contributed by atoms with van der Waals surface area (Å²) in [4.78, 5) is 30.0. The van der Waals surface area contributed by atoms with E-state index >= 15 is 0 Å². The molecule has 0 spiro atoms. The number of anilines is 1. The van der Waals surface area contributed by atoms with Crippen LogP contribution in [0.2, 0.25) is 0 Å². The van der Waals surface area contributed by atoms with Gasteiger partial charge in [-0.2, -0.15) is 0 Å². The fourth-order valence-corrected chi connectivity index (χ4v) is 3.83. The summed E-state index contributed by atoms with van der Waals surface area (Å²) in [6.45, 7) is 1.24. The number of ether oxygens (including phenoxy) is 2. The molecule has 1 N–H and O–H groups in total. The van der Waals surface area contributed by atoms with Crippen LogP contribution in [0.5, 0.6) is 11.5 Å². The quantitative estimate of drug-likeness (QED) is 0.749. The Hall–Kier alpha value is -2.61. The van der Waals surface area contributed by atoms with Crippen molar-refractivity contribution in [1.82, 2.24) is 10.3 Å². The zero-order chi connectivity index (χ0) is 19.2. The molecule has 27 heavy (non-hydrogen) atoms. The zero-order valence-electron chi connectivity index (χ0n) is 15.5. The molecule has 1 aromatic heterocycles. The first kappa shape index (κ1) is 19.2. The molecule has 0 atom stereocenters. The monoisotopic (exact) mass is 389 g/mol. The fraction of sp³-hybridized carbons (Fsp3) is 0.421. The van der Waals surface area contributed by atoms with Gasteiger partial charge in [0, 0.05) is 24.9 Å². The van der Waals surface area contributed by atoms with Gasteiger partial charge in [0.2, 0.25) is 11.8 Å². The summed E-state index contributed by atoms with van der Waals surface area (Å²) < 4.78 is 10.5. The average molecular weight is 389 g/mol. The van der Waals surface area contributed by atoms with Crippen LogP contribution in [0.1, 0.15) is 24.1 Å². The summed E-state index contributed by atoms with van der Waals surface area (Å²) in [5.74, 6) is 1.38. The van der Waals surface area contributed by atoms with Crippen LogP contribution in [0.15, 0.2) is 23.6 Å². The molecule has 0 bridgehead atoms. The molecule has 0 aliphatic carbocycles. The standard InChI is InChI=1S/C19H23N3O4S/c1-25-15-6-5-13(10-16(15)26-2)7-8-20-17(23)11-14-12-27-19(21-14)22-9-3-4-18(22)24/h5-6,10,12H,3-4,7-9,11H2,1-2H3,(H,20,23). The summed E-state index contributed by atoms with van der Waals surface area (Å²) in [5.41, 5.74) is 1.75. The van der Waals surface area contributed by atoms with Gasteiger partial charge in [-0.05, 0) is 30.5 Å². The maximum Gasteiger partial charge on any atom is 0.228 e. The van der Waals surface area contributed by atoms with Crippen molar-refractivity contribution in [2.45, 2.75) is 25.7 Å². The van der Waals surface area contributed by atoms with E-state index in [1.165, 1.54) is 11.3 Å². The first-order valence-corrected chi connectivity index (χ1v) is 9.71. The SMILES string of the molecule is COc1ccc(CCNC(=O)Cc2csc(N3CCCC3=O)n2)cc1OC. The van der Waals surface area contributed by atoms with Crippen molar-refractivity contribution in [3.8, 4) is 11.5 Å². The second-order valence-electron chi connectivity index (χ2n) is 6.24. The minimum atomic E-state index is -0.0833. The number of nitrogens with one attached hydrogen (secondary N) is 1. The molecule has 2 amide bonds. The summed E-state index contributed by atoms with van der Waals surface area (Å²) in [7, 11) is 3.20. The molecule has 1 aromatic carbocycles. The van der Waals surface area contributed by atoms with E-state index in [1.54, 1.807) is 19.1 Å². The van der Waals surface area contributed by atoms with Gasteiger partial charge in [0.05, 0.1) is 26.3 Å². The van der Waals surface area contributed by atoms with Crippen molar-refractivity contribution < 1.29 is 19.1 Å². The molecule has 1 aliphatic rings. The topological polar surface area (TPSA) is 80.8 Å². The molecule has 1 saturated heterocycles. The second-order valence-corrected chi connectivity index (χ2v) is 7.07. The van der Waals surface area contributed by atoms with E-state index in [9.17, 15) is 9.59 Å². The Kier molecular flexibility index (Phi) is 6.28. The van der Waals surface area contributed by atoms with Crippen LogP contribution in [0.4, 0.5) is 5.13 Å². The molecule has 8 heteroatoms. The molecule has 7 nitrogen and oxygen atoms in total. The minimum absolute atomic E-state index is 0.0833. The number of carbonyl (C=O) groups is 2. The van der Waals surface area contributed by atoms with Crippen molar-refractivity contribution >= 4 is 28.3 Å². The molecule has 3 rings (SSSR count). The number of thiazole rings is 1. The highest BCUT2D eigenvalue weighted by Gasteiger charge is 2.24. The third-order valence-corrected chi connectivity index (χ3v) is 5.28. The summed E-state index contributed by atoms with van der Waals surface area (Å²) in [5, 5.41) is 5.43. The van der Waals surface area contributed by atoms with Crippen LogP contribution in [-0.2, 0) is 22.4 Å². The maximum atomic E-state index is 12.1. The molecule has 0 saturated carbocycles. The van der Waals surface area contributed by atoms with Gasteiger partial charge >= 0.3 is 0 Å². The predicted octanol–water partition coefficient (Wildman–Crippen LogP) is 2.19. The minimum Gasteiger partial charge on any atom is -0.493 e. The lowest BCUT2D eigenvalue weighted by molar-refractivity contribution is -0.120. The Balaban J connectivity index is 1.47. The number of nitrogens with zero attached hydrogens (tertiary/aromatic N) is 2. The number of hydrogen-bond donors (Lipinski definition) is 1. The summed E-state index contributed by atoms with van der Waals surface area (Å²) in [6.07, 6.45) is 2.34. The number of amides is 2. The van der Waals surface area contributed by atoms with Crippen molar-refractivity contribution in [1.29, 1.82) is 0 Å². The van der Waals surface area contributed by atoms with E-state index in [1.807, 2.05) is 23.6 Å². The van der Waals surface area contributed by atoms with E-state index < -0.39 is 0 Å². The Labute approximate surface area is 162 Å². The zero-order valence-corrected chi connectivity index (χ0v) is 16.3. The average Bonchev–Trinajstić information content (AvgIpc) is 3.30. The van der Waals surface area contributed by atoms with E-state index in [-0.39, 0.29) is 18.2 Å². The van der Waals surface area contributed by atoms with Gasteiger partial charge in [-0.15, -0.1) is 11.3 Å². The van der Waals surface area contributed by atoms with Crippen LogP contribution in [0.3, 0.4) is 0 Å². The molecular weight excluding hydrogens is 366 g/mol. The van der Waals surface area contributed by atoms with Crippen molar-refractivity contribution in [2.75, 3.05) is 32.2 Å². The third-order valence-electron chi connectivity index (χ3n) is 4.37. The van der Waals surface area contributed by atoms with Gasteiger partial charge in [0.25, 0.3) is 0 Å². The molecule has 0 unspecified atom stereocenters. The molecule has 2 heterocycles. The van der Waals surface area contributed by atoms with E-state index in [2.05, 4.69) is 10.3 Å². The van der Waals surface area contributed by atoms with Gasteiger partial charge in [0.15, 0.2) is 16.6 Å². The van der Waals surface area contributed by atoms with Crippen molar-refractivity contribution in [3.05, 3.63) is 34.8 Å². The number of benzene rings is 1. The van der Waals surface area contributed by atoms with Crippen molar-refractivity contribution in [2.24, 2.45) is 0 Å². The second kappa shape index (κ2) is 8.85. The molecule has 0 radical (unpaired) electrons. The lowest BCUT2D eigenvalue weighted by atomic mass is 10.1. The summed E-state index contributed by atoms with van der Waals surface area (Å²) in [6, 6.07) is 5.71. The highest BCUT2D eigenvalue weighted by atomic mass is 32.1. The van der Waals surface area contributed by atoms with Crippen molar-refractivity contribution in [3.63, 3.8) is 0 Å². The van der Waals surface area contributed by atoms with Gasteiger partial charge in [0.1, 0.15) is 0 Å². The lowest BCUT2D eigenvalue weighted by Gasteiger charge is -2.10. The first-order valence-electron chi connectivity index (χ1n) is 8.83. The van der Waals surface area contributed by atoms with Crippen LogP contribution >= 0.6 is 11.3 Å². The largest absolute Gasteiger partial charge is 0.493 e. The van der Waals surface area contributed by atoms with Crippen LogP contribution < -0.4 is 19.7 Å². The normalized spacial score (nSPS) is 13.7. The number of hydrogen-bond acceptors (Lipinski definition) is 6. The summed E-state index contributed by atoms with van der Waals surface area (Å²) >= 11 is 1.41. The Bertz CT molecular complexity index is 821. The maximum absolute atomic E-state index is 12.1. The Morgan fingerprint density at radius 1 is 1.30 bits per heavy atom. The molecule has 144 valence electrons.